The largest absolute Gasteiger partial charge is 0.467 e. The first-order chi connectivity index (χ1) is 11.4. The molecule has 1 aromatic carbocycles. The van der Waals surface area contributed by atoms with Gasteiger partial charge < -0.3 is 15.1 Å². The minimum Gasteiger partial charge on any atom is -0.467 e. The molecule has 5 nitrogen and oxygen atoms in total. The molecule has 0 aliphatic carbocycles. The van der Waals surface area contributed by atoms with Crippen molar-refractivity contribution in [3.05, 3.63) is 59.8 Å². The van der Waals surface area contributed by atoms with E-state index in [9.17, 15) is 14.0 Å². The van der Waals surface area contributed by atoms with E-state index in [2.05, 4.69) is 10.6 Å². The second-order valence-electron chi connectivity index (χ2n) is 6.02. The van der Waals surface area contributed by atoms with Crippen LogP contribution in [-0.2, 0) is 22.6 Å². The molecule has 2 rings (SSSR count). The maximum absolute atomic E-state index is 12.8. The lowest BCUT2D eigenvalue weighted by molar-refractivity contribution is -0.141. The molecule has 2 amide bonds. The quantitative estimate of drug-likeness (QED) is 0.765. The SMILES string of the molecule is CC(C)(C(=O)NCCc1ccc(F)cc1)C(=O)NCc1ccco1. The van der Waals surface area contributed by atoms with E-state index in [-0.39, 0.29) is 24.2 Å². The summed E-state index contributed by atoms with van der Waals surface area (Å²) in [6, 6.07) is 9.57. The number of nitrogens with one attached hydrogen (secondary N) is 2. The number of carbonyl (C=O) groups is 2. The summed E-state index contributed by atoms with van der Waals surface area (Å²) in [6.45, 7) is 3.74. The molecular formula is C18H21FN2O3. The van der Waals surface area contributed by atoms with Crippen molar-refractivity contribution in [1.29, 1.82) is 0 Å². The zero-order valence-electron chi connectivity index (χ0n) is 13.8. The number of hydrogen-bond acceptors (Lipinski definition) is 3. The molecule has 0 saturated heterocycles. The Morgan fingerprint density at radius 3 is 2.38 bits per heavy atom. The summed E-state index contributed by atoms with van der Waals surface area (Å²) in [5.41, 5.74) is -0.285. The molecule has 0 bridgehead atoms. The van der Waals surface area contributed by atoms with Crippen LogP contribution in [0.2, 0.25) is 0 Å². The van der Waals surface area contributed by atoms with Crippen molar-refractivity contribution in [2.45, 2.75) is 26.8 Å². The van der Waals surface area contributed by atoms with Crippen molar-refractivity contribution < 1.29 is 18.4 Å². The Balaban J connectivity index is 1.80. The lowest BCUT2D eigenvalue weighted by Gasteiger charge is -2.22. The summed E-state index contributed by atoms with van der Waals surface area (Å²) in [7, 11) is 0. The van der Waals surface area contributed by atoms with Crippen LogP contribution in [0.5, 0.6) is 0 Å². The number of amides is 2. The molecular weight excluding hydrogens is 311 g/mol. The van der Waals surface area contributed by atoms with E-state index < -0.39 is 5.41 Å². The van der Waals surface area contributed by atoms with Gasteiger partial charge in [0.25, 0.3) is 0 Å². The summed E-state index contributed by atoms with van der Waals surface area (Å²) in [5.74, 6) is -0.409. The predicted molar refractivity (Wildman–Crippen MR) is 87.4 cm³/mol. The van der Waals surface area contributed by atoms with Crippen LogP contribution in [0.25, 0.3) is 0 Å². The maximum atomic E-state index is 12.8. The zero-order valence-corrected chi connectivity index (χ0v) is 13.8. The summed E-state index contributed by atoms with van der Waals surface area (Å²) < 4.78 is 18.0. The highest BCUT2D eigenvalue weighted by Gasteiger charge is 2.35. The van der Waals surface area contributed by atoms with Gasteiger partial charge in [-0.1, -0.05) is 12.1 Å². The van der Waals surface area contributed by atoms with E-state index in [1.807, 2.05) is 0 Å². The number of furan rings is 1. The Hall–Kier alpha value is -2.63. The highest BCUT2D eigenvalue weighted by atomic mass is 19.1. The fourth-order valence-electron chi connectivity index (χ4n) is 2.10. The lowest BCUT2D eigenvalue weighted by atomic mass is 9.91. The van der Waals surface area contributed by atoms with Crippen LogP contribution in [0.3, 0.4) is 0 Å². The maximum Gasteiger partial charge on any atom is 0.235 e. The average Bonchev–Trinajstić information content (AvgIpc) is 3.07. The minimum atomic E-state index is -1.20. The molecule has 128 valence electrons. The van der Waals surface area contributed by atoms with Gasteiger partial charge in [0.2, 0.25) is 11.8 Å². The van der Waals surface area contributed by atoms with E-state index in [0.717, 1.165) is 5.56 Å². The molecule has 0 aliphatic rings. The third-order valence-corrected chi connectivity index (χ3v) is 3.75. The molecule has 0 saturated carbocycles. The lowest BCUT2D eigenvalue weighted by Crippen LogP contribution is -2.48. The van der Waals surface area contributed by atoms with Crippen LogP contribution < -0.4 is 10.6 Å². The van der Waals surface area contributed by atoms with Gasteiger partial charge >= 0.3 is 0 Å². The van der Waals surface area contributed by atoms with E-state index >= 15 is 0 Å². The summed E-state index contributed by atoms with van der Waals surface area (Å²) in [4.78, 5) is 24.5. The molecule has 1 aromatic heterocycles. The third kappa shape index (κ3) is 4.68. The minimum absolute atomic E-state index is 0.234. The Kier molecular flexibility index (Phi) is 5.73. The highest BCUT2D eigenvalue weighted by molar-refractivity contribution is 6.04. The van der Waals surface area contributed by atoms with Gasteiger partial charge in [-0.3, -0.25) is 9.59 Å². The number of benzene rings is 1. The van der Waals surface area contributed by atoms with Crippen LogP contribution >= 0.6 is 0 Å². The topological polar surface area (TPSA) is 71.3 Å². The molecule has 6 heteroatoms. The standard InChI is InChI=1S/C18H21FN2O3/c1-18(2,17(23)21-12-15-4-3-11-24-15)16(22)20-10-9-13-5-7-14(19)8-6-13/h3-8,11H,9-10,12H2,1-2H3,(H,20,22)(H,21,23). The monoisotopic (exact) mass is 332 g/mol. The van der Waals surface area contributed by atoms with Gasteiger partial charge in [0.05, 0.1) is 12.8 Å². The van der Waals surface area contributed by atoms with Crippen molar-refractivity contribution in [2.75, 3.05) is 6.54 Å². The van der Waals surface area contributed by atoms with Crippen LogP contribution in [-0.4, -0.2) is 18.4 Å². The third-order valence-electron chi connectivity index (χ3n) is 3.75. The highest BCUT2D eigenvalue weighted by Crippen LogP contribution is 2.16. The molecule has 0 aliphatic heterocycles. The number of rotatable bonds is 7. The van der Waals surface area contributed by atoms with Crippen LogP contribution in [0.15, 0.2) is 47.1 Å². The van der Waals surface area contributed by atoms with E-state index in [4.69, 9.17) is 4.42 Å². The van der Waals surface area contributed by atoms with Crippen molar-refractivity contribution in [2.24, 2.45) is 5.41 Å². The number of hydrogen-bond donors (Lipinski definition) is 2. The van der Waals surface area contributed by atoms with Gasteiger partial charge in [-0.15, -0.1) is 0 Å². The second kappa shape index (κ2) is 7.77. The fraction of sp³-hybridized carbons (Fsp3) is 0.333. The van der Waals surface area contributed by atoms with Gasteiger partial charge in [0.1, 0.15) is 17.0 Å². The zero-order chi connectivity index (χ0) is 17.6. The average molecular weight is 332 g/mol. The molecule has 0 fully saturated rings. The first-order valence-corrected chi connectivity index (χ1v) is 7.73. The molecule has 0 unspecified atom stereocenters. The molecule has 0 radical (unpaired) electrons. The van der Waals surface area contributed by atoms with Crippen LogP contribution in [0.1, 0.15) is 25.2 Å². The van der Waals surface area contributed by atoms with Crippen LogP contribution in [0, 0.1) is 11.2 Å². The van der Waals surface area contributed by atoms with E-state index in [1.165, 1.54) is 18.4 Å². The van der Waals surface area contributed by atoms with Gasteiger partial charge in [0, 0.05) is 6.54 Å². The van der Waals surface area contributed by atoms with Gasteiger partial charge in [-0.25, -0.2) is 4.39 Å². The normalized spacial score (nSPS) is 11.1. The van der Waals surface area contributed by atoms with Crippen molar-refractivity contribution in [3.8, 4) is 0 Å². The van der Waals surface area contributed by atoms with E-state index in [0.29, 0.717) is 18.7 Å². The Morgan fingerprint density at radius 1 is 1.08 bits per heavy atom. The Bertz CT molecular complexity index is 679. The number of halogens is 1. The van der Waals surface area contributed by atoms with Gasteiger partial charge in [0.15, 0.2) is 0 Å². The molecule has 0 atom stereocenters. The summed E-state index contributed by atoms with van der Waals surface area (Å²) in [6.07, 6.45) is 2.09. The molecule has 1 heterocycles. The Morgan fingerprint density at radius 2 is 1.75 bits per heavy atom. The molecule has 2 aromatic rings. The smallest absolute Gasteiger partial charge is 0.235 e. The summed E-state index contributed by atoms with van der Waals surface area (Å²) in [5, 5.41) is 5.43. The molecule has 24 heavy (non-hydrogen) atoms. The molecule has 2 N–H and O–H groups in total. The summed E-state index contributed by atoms with van der Waals surface area (Å²) >= 11 is 0. The first kappa shape index (κ1) is 17.7. The predicted octanol–water partition coefficient (Wildman–Crippen LogP) is 2.42. The fourth-order valence-corrected chi connectivity index (χ4v) is 2.10. The molecule has 0 spiro atoms. The number of carbonyl (C=O) groups excluding carboxylic acids is 2. The van der Waals surface area contributed by atoms with Gasteiger partial charge in [-0.05, 0) is 50.1 Å². The van der Waals surface area contributed by atoms with Crippen LogP contribution in [0.4, 0.5) is 4.39 Å². The van der Waals surface area contributed by atoms with Crippen molar-refractivity contribution in [1.82, 2.24) is 10.6 Å². The Labute approximate surface area is 140 Å². The van der Waals surface area contributed by atoms with Crippen molar-refractivity contribution >= 4 is 11.8 Å². The first-order valence-electron chi connectivity index (χ1n) is 7.73. The second-order valence-corrected chi connectivity index (χ2v) is 6.02. The van der Waals surface area contributed by atoms with E-state index in [1.54, 1.807) is 38.1 Å². The van der Waals surface area contributed by atoms with Gasteiger partial charge in [-0.2, -0.15) is 0 Å². The van der Waals surface area contributed by atoms with Crippen molar-refractivity contribution in [3.63, 3.8) is 0 Å².